The molecule has 120 valence electrons. The van der Waals surface area contributed by atoms with Crippen LogP contribution < -0.4 is 0 Å². The van der Waals surface area contributed by atoms with Gasteiger partial charge in [0, 0.05) is 24.9 Å². The zero-order valence-corrected chi connectivity index (χ0v) is 14.2. The van der Waals surface area contributed by atoms with E-state index in [9.17, 15) is 4.79 Å². The van der Waals surface area contributed by atoms with Gasteiger partial charge < -0.3 is 0 Å². The third kappa shape index (κ3) is 3.36. The Labute approximate surface area is 130 Å². The minimum atomic E-state index is 0.322. The molecule has 4 unspecified atom stereocenters. The van der Waals surface area contributed by atoms with Gasteiger partial charge in [-0.05, 0) is 62.3 Å². The van der Waals surface area contributed by atoms with Gasteiger partial charge in [0.1, 0.15) is 5.78 Å². The maximum atomic E-state index is 12.4. The molecule has 3 rings (SSSR count). The van der Waals surface area contributed by atoms with Crippen LogP contribution in [-0.4, -0.2) is 29.8 Å². The molecule has 0 aromatic heterocycles. The summed E-state index contributed by atoms with van der Waals surface area (Å²) in [6.07, 6.45) is 10.1. The van der Waals surface area contributed by atoms with Gasteiger partial charge in [0.15, 0.2) is 0 Å². The van der Waals surface area contributed by atoms with E-state index in [0.717, 1.165) is 43.7 Å². The van der Waals surface area contributed by atoms with Crippen LogP contribution in [0.3, 0.4) is 0 Å². The summed E-state index contributed by atoms with van der Waals surface area (Å²) >= 11 is 0. The molecule has 3 fully saturated rings. The lowest BCUT2D eigenvalue weighted by atomic mass is 9.68. The van der Waals surface area contributed by atoms with E-state index in [0.29, 0.717) is 17.1 Å². The molecule has 21 heavy (non-hydrogen) atoms. The molecule has 1 heterocycles. The number of carbonyl (C=O) groups excluding carboxylic acids is 1. The highest BCUT2D eigenvalue weighted by molar-refractivity contribution is 5.82. The zero-order chi connectivity index (χ0) is 15.0. The Hall–Kier alpha value is -0.370. The molecule has 0 aromatic carbocycles. The van der Waals surface area contributed by atoms with Crippen LogP contribution >= 0.6 is 0 Å². The molecule has 2 saturated carbocycles. The van der Waals surface area contributed by atoms with Crippen LogP contribution in [0.15, 0.2) is 0 Å². The monoisotopic (exact) mass is 291 g/mol. The lowest BCUT2D eigenvalue weighted by molar-refractivity contribution is -0.127. The first-order valence-corrected chi connectivity index (χ1v) is 9.22. The Bertz CT molecular complexity index is 384. The second kappa shape index (κ2) is 6.02. The molecular weight excluding hydrogens is 258 g/mol. The first-order valence-electron chi connectivity index (χ1n) is 9.22. The largest absolute Gasteiger partial charge is 0.299 e. The van der Waals surface area contributed by atoms with E-state index in [1.165, 1.54) is 38.6 Å². The predicted octanol–water partition coefficient (Wildman–Crippen LogP) is 4.28. The number of hydrogen-bond acceptors (Lipinski definition) is 2. The van der Waals surface area contributed by atoms with Gasteiger partial charge in [0.2, 0.25) is 0 Å². The lowest BCUT2D eigenvalue weighted by Crippen LogP contribution is -2.47. The minimum absolute atomic E-state index is 0.322. The summed E-state index contributed by atoms with van der Waals surface area (Å²) in [5.41, 5.74) is 0.358. The Morgan fingerprint density at radius 3 is 2.62 bits per heavy atom. The zero-order valence-electron chi connectivity index (χ0n) is 14.2. The van der Waals surface area contributed by atoms with Gasteiger partial charge in [-0.25, -0.2) is 0 Å². The van der Waals surface area contributed by atoms with Gasteiger partial charge in [-0.2, -0.15) is 0 Å². The van der Waals surface area contributed by atoms with Crippen LogP contribution in [0, 0.1) is 23.2 Å². The highest BCUT2D eigenvalue weighted by atomic mass is 16.1. The Balaban J connectivity index is 1.63. The van der Waals surface area contributed by atoms with Crippen LogP contribution in [0.25, 0.3) is 0 Å². The van der Waals surface area contributed by atoms with Gasteiger partial charge >= 0.3 is 0 Å². The van der Waals surface area contributed by atoms with Crippen LogP contribution in [0.5, 0.6) is 0 Å². The van der Waals surface area contributed by atoms with Crippen LogP contribution in [0.4, 0.5) is 0 Å². The van der Waals surface area contributed by atoms with E-state index in [1.807, 2.05) is 0 Å². The standard InChI is InChI=1S/C19H33NO/c1-19(2,3)16-9-10-18(21)15(12-16)13-20-11-5-7-14-6-4-8-17(14)20/h14-17H,4-13H2,1-3H3. The summed E-state index contributed by atoms with van der Waals surface area (Å²) in [6, 6.07) is 0.807. The summed E-state index contributed by atoms with van der Waals surface area (Å²) in [7, 11) is 0. The van der Waals surface area contributed by atoms with Crippen molar-refractivity contribution < 1.29 is 4.79 Å². The van der Waals surface area contributed by atoms with Gasteiger partial charge in [-0.1, -0.05) is 27.2 Å². The van der Waals surface area contributed by atoms with E-state index < -0.39 is 0 Å². The Kier molecular flexibility index (Phi) is 4.45. The fourth-order valence-electron chi connectivity index (χ4n) is 5.14. The molecule has 0 aromatic rings. The van der Waals surface area contributed by atoms with Gasteiger partial charge in [-0.3, -0.25) is 9.69 Å². The maximum Gasteiger partial charge on any atom is 0.137 e. The van der Waals surface area contributed by atoms with Crippen molar-refractivity contribution in [3.63, 3.8) is 0 Å². The summed E-state index contributed by atoms with van der Waals surface area (Å²) < 4.78 is 0. The normalized spacial score (nSPS) is 38.5. The van der Waals surface area contributed by atoms with E-state index in [4.69, 9.17) is 0 Å². The van der Waals surface area contributed by atoms with Crippen LogP contribution in [0.2, 0.25) is 0 Å². The number of piperidine rings is 1. The van der Waals surface area contributed by atoms with Crippen molar-refractivity contribution in [2.75, 3.05) is 13.1 Å². The summed E-state index contributed by atoms with van der Waals surface area (Å²) in [5.74, 6) is 2.54. The summed E-state index contributed by atoms with van der Waals surface area (Å²) in [4.78, 5) is 15.1. The molecule has 0 N–H and O–H groups in total. The first-order chi connectivity index (χ1) is 9.95. The molecule has 4 atom stereocenters. The Morgan fingerprint density at radius 2 is 1.86 bits per heavy atom. The summed E-state index contributed by atoms with van der Waals surface area (Å²) in [5, 5.41) is 0. The number of rotatable bonds is 2. The van der Waals surface area contributed by atoms with Crippen molar-refractivity contribution in [1.29, 1.82) is 0 Å². The van der Waals surface area contributed by atoms with Gasteiger partial charge in [0.05, 0.1) is 0 Å². The number of likely N-dealkylation sites (tertiary alicyclic amines) is 1. The van der Waals surface area contributed by atoms with Crippen LogP contribution in [0.1, 0.15) is 72.1 Å². The average Bonchev–Trinajstić information content (AvgIpc) is 2.89. The molecule has 0 spiro atoms. The highest BCUT2D eigenvalue weighted by Gasteiger charge is 2.39. The van der Waals surface area contributed by atoms with E-state index in [2.05, 4.69) is 25.7 Å². The fraction of sp³-hybridized carbons (Fsp3) is 0.947. The number of Topliss-reactive ketones (excluding diaryl/α,β-unsaturated/α-hetero) is 1. The summed E-state index contributed by atoms with van der Waals surface area (Å²) in [6.45, 7) is 9.34. The molecule has 2 nitrogen and oxygen atoms in total. The van der Waals surface area contributed by atoms with E-state index >= 15 is 0 Å². The van der Waals surface area contributed by atoms with Crippen molar-refractivity contribution in [3.8, 4) is 0 Å². The predicted molar refractivity (Wildman–Crippen MR) is 87.2 cm³/mol. The van der Waals surface area contributed by atoms with Crippen LogP contribution in [-0.2, 0) is 4.79 Å². The average molecular weight is 291 g/mol. The third-order valence-corrected chi connectivity index (χ3v) is 6.55. The Morgan fingerprint density at radius 1 is 1.10 bits per heavy atom. The van der Waals surface area contributed by atoms with Crippen molar-refractivity contribution in [1.82, 2.24) is 4.90 Å². The van der Waals surface area contributed by atoms with Crippen molar-refractivity contribution in [2.45, 2.75) is 78.2 Å². The molecule has 0 amide bonds. The van der Waals surface area contributed by atoms with Crippen molar-refractivity contribution in [3.05, 3.63) is 0 Å². The number of fused-ring (bicyclic) bond motifs is 1. The quantitative estimate of drug-likeness (QED) is 0.756. The van der Waals surface area contributed by atoms with E-state index in [1.54, 1.807) is 0 Å². The minimum Gasteiger partial charge on any atom is -0.299 e. The number of ketones is 1. The molecule has 1 saturated heterocycles. The molecule has 3 aliphatic rings. The SMILES string of the molecule is CC(C)(C)C1CCC(=O)C(CN2CCCC3CCCC32)C1. The molecule has 2 aliphatic carbocycles. The van der Waals surface area contributed by atoms with Crippen molar-refractivity contribution in [2.24, 2.45) is 23.2 Å². The second-order valence-electron chi connectivity index (χ2n) is 8.90. The molecule has 2 heteroatoms. The van der Waals surface area contributed by atoms with Gasteiger partial charge in [0.25, 0.3) is 0 Å². The maximum absolute atomic E-state index is 12.4. The molecule has 0 radical (unpaired) electrons. The first kappa shape index (κ1) is 15.5. The lowest BCUT2D eigenvalue weighted by Gasteiger charge is -2.42. The fourth-order valence-corrected chi connectivity index (χ4v) is 5.14. The van der Waals surface area contributed by atoms with E-state index in [-0.39, 0.29) is 0 Å². The second-order valence-corrected chi connectivity index (χ2v) is 8.90. The molecule has 1 aliphatic heterocycles. The molecule has 0 bridgehead atoms. The number of carbonyl (C=O) groups is 1. The topological polar surface area (TPSA) is 20.3 Å². The number of hydrogen-bond donors (Lipinski definition) is 0. The highest BCUT2D eigenvalue weighted by Crippen LogP contribution is 2.41. The molecular formula is C19H33NO. The number of nitrogens with zero attached hydrogens (tertiary/aromatic N) is 1. The van der Waals surface area contributed by atoms with Crippen molar-refractivity contribution >= 4 is 5.78 Å². The van der Waals surface area contributed by atoms with Gasteiger partial charge in [-0.15, -0.1) is 0 Å². The third-order valence-electron chi connectivity index (χ3n) is 6.55. The smallest absolute Gasteiger partial charge is 0.137 e.